The minimum Gasteiger partial charge on any atom is -0.330 e. The van der Waals surface area contributed by atoms with Crippen LogP contribution in [0.15, 0.2) is 12.3 Å². The minimum absolute atomic E-state index is 0. The highest BCUT2D eigenvalue weighted by molar-refractivity contribution is 5.85. The summed E-state index contributed by atoms with van der Waals surface area (Å²) >= 11 is 0. The van der Waals surface area contributed by atoms with Crippen molar-refractivity contribution in [3.05, 3.63) is 23.8 Å². The first kappa shape index (κ1) is 10.3. The summed E-state index contributed by atoms with van der Waals surface area (Å²) in [5.41, 5.74) is 6.37. The van der Waals surface area contributed by atoms with Crippen molar-refractivity contribution in [1.29, 1.82) is 0 Å². The largest absolute Gasteiger partial charge is 0.330 e. The van der Waals surface area contributed by atoms with Crippen molar-refractivity contribution in [2.45, 2.75) is 13.3 Å². The summed E-state index contributed by atoms with van der Waals surface area (Å²) in [7, 11) is 0. The molecule has 2 N–H and O–H groups in total. The molecule has 3 nitrogen and oxygen atoms in total. The van der Waals surface area contributed by atoms with E-state index in [1.165, 1.54) is 0 Å². The number of aromatic nitrogens is 2. The molecular weight excluding hydrogens is 162 g/mol. The van der Waals surface area contributed by atoms with Gasteiger partial charge in [-0.3, -0.25) is 0 Å². The molecule has 0 saturated carbocycles. The summed E-state index contributed by atoms with van der Waals surface area (Å²) in [5, 5.41) is 0. The van der Waals surface area contributed by atoms with Crippen molar-refractivity contribution in [1.82, 2.24) is 9.97 Å². The molecule has 0 saturated heterocycles. The number of rotatable bonds is 2. The molecule has 0 radical (unpaired) electrons. The van der Waals surface area contributed by atoms with E-state index in [1.54, 1.807) is 6.20 Å². The first-order valence-electron chi connectivity index (χ1n) is 3.31. The second-order valence-electron chi connectivity index (χ2n) is 2.13. The van der Waals surface area contributed by atoms with Crippen LogP contribution in [0, 0.1) is 6.92 Å². The van der Waals surface area contributed by atoms with Gasteiger partial charge in [0.25, 0.3) is 0 Å². The van der Waals surface area contributed by atoms with Crippen LogP contribution in [0.25, 0.3) is 0 Å². The van der Waals surface area contributed by atoms with Crippen LogP contribution in [0.1, 0.15) is 11.5 Å². The Labute approximate surface area is 72.5 Å². The van der Waals surface area contributed by atoms with Crippen LogP contribution in [0.2, 0.25) is 0 Å². The average molecular weight is 174 g/mol. The second kappa shape index (κ2) is 5.04. The van der Waals surface area contributed by atoms with Gasteiger partial charge in [-0.15, -0.1) is 12.4 Å². The van der Waals surface area contributed by atoms with Gasteiger partial charge in [0.05, 0.1) is 0 Å². The van der Waals surface area contributed by atoms with Crippen LogP contribution in [-0.4, -0.2) is 16.5 Å². The van der Waals surface area contributed by atoms with Gasteiger partial charge in [-0.25, -0.2) is 9.97 Å². The lowest BCUT2D eigenvalue weighted by molar-refractivity contribution is 0.888. The van der Waals surface area contributed by atoms with E-state index in [0.29, 0.717) is 6.54 Å². The van der Waals surface area contributed by atoms with Crippen LogP contribution in [0.5, 0.6) is 0 Å². The van der Waals surface area contributed by atoms with Crippen molar-refractivity contribution in [3.63, 3.8) is 0 Å². The van der Waals surface area contributed by atoms with E-state index in [2.05, 4.69) is 9.97 Å². The fourth-order valence-corrected chi connectivity index (χ4v) is 0.792. The first-order chi connectivity index (χ1) is 4.83. The highest BCUT2D eigenvalue weighted by Gasteiger charge is 1.91. The predicted molar refractivity (Wildman–Crippen MR) is 46.8 cm³/mol. The Balaban J connectivity index is 0.000001000. The molecule has 1 aromatic heterocycles. The zero-order chi connectivity index (χ0) is 7.40. The van der Waals surface area contributed by atoms with E-state index in [-0.39, 0.29) is 12.4 Å². The van der Waals surface area contributed by atoms with Crippen LogP contribution < -0.4 is 5.73 Å². The standard InChI is InChI=1S/C7H11N3.ClH/c1-6-9-5-3-7(10-6)2-4-8;/h3,5H,2,4,8H2,1H3;1H. The van der Waals surface area contributed by atoms with Crippen molar-refractivity contribution in [2.24, 2.45) is 5.73 Å². The van der Waals surface area contributed by atoms with Gasteiger partial charge in [0.2, 0.25) is 0 Å². The quantitative estimate of drug-likeness (QED) is 0.717. The van der Waals surface area contributed by atoms with E-state index in [4.69, 9.17) is 5.73 Å². The highest BCUT2D eigenvalue weighted by Crippen LogP contribution is 1.93. The number of hydrogen-bond donors (Lipinski definition) is 1. The Morgan fingerprint density at radius 1 is 1.55 bits per heavy atom. The minimum atomic E-state index is 0. The SMILES string of the molecule is Cc1nccc(CCN)n1.Cl. The summed E-state index contributed by atoms with van der Waals surface area (Å²) in [6, 6.07) is 1.89. The Kier molecular flexibility index (Phi) is 4.74. The molecule has 1 aromatic rings. The lowest BCUT2D eigenvalue weighted by Gasteiger charge is -1.96. The van der Waals surface area contributed by atoms with Crippen molar-refractivity contribution >= 4 is 12.4 Å². The van der Waals surface area contributed by atoms with Crippen molar-refractivity contribution in [2.75, 3.05) is 6.54 Å². The molecule has 0 spiro atoms. The topological polar surface area (TPSA) is 51.8 Å². The highest BCUT2D eigenvalue weighted by atomic mass is 35.5. The monoisotopic (exact) mass is 173 g/mol. The Hall–Kier alpha value is -0.670. The van der Waals surface area contributed by atoms with E-state index in [9.17, 15) is 0 Å². The van der Waals surface area contributed by atoms with Gasteiger partial charge in [-0.05, 0) is 19.5 Å². The fraction of sp³-hybridized carbons (Fsp3) is 0.429. The van der Waals surface area contributed by atoms with Crippen LogP contribution >= 0.6 is 12.4 Å². The van der Waals surface area contributed by atoms with E-state index < -0.39 is 0 Å². The lowest BCUT2D eigenvalue weighted by Crippen LogP contribution is -2.05. The van der Waals surface area contributed by atoms with Gasteiger partial charge in [-0.2, -0.15) is 0 Å². The van der Waals surface area contributed by atoms with E-state index in [1.807, 2.05) is 13.0 Å². The summed E-state index contributed by atoms with van der Waals surface area (Å²) in [6.07, 6.45) is 2.59. The third-order valence-electron chi connectivity index (χ3n) is 1.23. The summed E-state index contributed by atoms with van der Waals surface area (Å²) < 4.78 is 0. The summed E-state index contributed by atoms with van der Waals surface area (Å²) in [5.74, 6) is 0.811. The van der Waals surface area contributed by atoms with Crippen LogP contribution in [0.4, 0.5) is 0 Å². The van der Waals surface area contributed by atoms with Crippen molar-refractivity contribution in [3.8, 4) is 0 Å². The second-order valence-corrected chi connectivity index (χ2v) is 2.13. The molecule has 0 aliphatic carbocycles. The van der Waals surface area contributed by atoms with Gasteiger partial charge in [0.15, 0.2) is 0 Å². The lowest BCUT2D eigenvalue weighted by atomic mass is 10.3. The molecule has 1 heterocycles. The molecule has 11 heavy (non-hydrogen) atoms. The van der Waals surface area contributed by atoms with Crippen molar-refractivity contribution < 1.29 is 0 Å². The van der Waals surface area contributed by atoms with E-state index >= 15 is 0 Å². The molecule has 0 fully saturated rings. The first-order valence-corrected chi connectivity index (χ1v) is 3.31. The molecule has 62 valence electrons. The number of hydrogen-bond acceptors (Lipinski definition) is 3. The molecule has 0 bridgehead atoms. The fourth-order valence-electron chi connectivity index (χ4n) is 0.792. The van der Waals surface area contributed by atoms with Gasteiger partial charge in [0.1, 0.15) is 5.82 Å². The zero-order valence-electron chi connectivity index (χ0n) is 6.45. The van der Waals surface area contributed by atoms with E-state index in [0.717, 1.165) is 17.9 Å². The molecule has 0 unspecified atom stereocenters. The molecular formula is C7H12ClN3. The molecule has 1 rings (SSSR count). The average Bonchev–Trinajstić information content (AvgIpc) is 1.88. The Morgan fingerprint density at radius 2 is 2.27 bits per heavy atom. The van der Waals surface area contributed by atoms with Gasteiger partial charge in [0, 0.05) is 18.3 Å². The molecule has 0 aliphatic heterocycles. The number of nitrogens with zero attached hydrogens (tertiary/aromatic N) is 2. The normalized spacial score (nSPS) is 8.91. The molecule has 0 atom stereocenters. The number of nitrogens with two attached hydrogens (primary N) is 1. The van der Waals surface area contributed by atoms with Gasteiger partial charge < -0.3 is 5.73 Å². The van der Waals surface area contributed by atoms with Gasteiger partial charge >= 0.3 is 0 Å². The number of halogens is 1. The Morgan fingerprint density at radius 3 is 2.82 bits per heavy atom. The summed E-state index contributed by atoms with van der Waals surface area (Å²) in [6.45, 7) is 2.52. The van der Waals surface area contributed by atoms with Crippen LogP contribution in [-0.2, 0) is 6.42 Å². The molecule has 4 heteroatoms. The Bertz CT molecular complexity index is 215. The molecule has 0 aromatic carbocycles. The third-order valence-corrected chi connectivity index (χ3v) is 1.23. The molecule has 0 amide bonds. The smallest absolute Gasteiger partial charge is 0.125 e. The summed E-state index contributed by atoms with van der Waals surface area (Å²) in [4.78, 5) is 8.14. The molecule has 0 aliphatic rings. The predicted octanol–water partition coefficient (Wildman–Crippen LogP) is 0.708. The number of aryl methyl sites for hydroxylation is 1. The zero-order valence-corrected chi connectivity index (χ0v) is 7.27. The maximum Gasteiger partial charge on any atom is 0.125 e. The maximum atomic E-state index is 5.35. The van der Waals surface area contributed by atoms with Gasteiger partial charge in [-0.1, -0.05) is 0 Å². The van der Waals surface area contributed by atoms with Crippen LogP contribution in [0.3, 0.4) is 0 Å². The maximum absolute atomic E-state index is 5.35. The third kappa shape index (κ3) is 3.30.